The van der Waals surface area contributed by atoms with Crippen molar-refractivity contribution in [2.45, 2.75) is 0 Å². The molecule has 4 nitrogen and oxygen atoms in total. The maximum atomic E-state index is 5.38. The smallest absolute Gasteiger partial charge is 0.145 e. The lowest BCUT2D eigenvalue weighted by Crippen LogP contribution is -2.01. The van der Waals surface area contributed by atoms with Crippen LogP contribution in [0.3, 0.4) is 0 Å². The number of hydrogen-bond acceptors (Lipinski definition) is 2. The largest absolute Gasteiger partial charge is 0.309 e. The monoisotopic (exact) mass is 536 g/mol. The average molecular weight is 537 g/mol. The van der Waals surface area contributed by atoms with Crippen molar-refractivity contribution in [2.24, 2.45) is 0 Å². The zero-order valence-electron chi connectivity index (χ0n) is 22.6. The Morgan fingerprint density at radius 2 is 1.07 bits per heavy atom. The van der Waals surface area contributed by atoms with Crippen molar-refractivity contribution in [2.75, 3.05) is 0 Å². The predicted molar refractivity (Wildman–Crippen MR) is 174 cm³/mol. The van der Waals surface area contributed by atoms with E-state index in [0.29, 0.717) is 0 Å². The third-order valence-corrected chi connectivity index (χ3v) is 8.38. The van der Waals surface area contributed by atoms with Crippen LogP contribution >= 0.6 is 0 Å². The second-order valence-electron chi connectivity index (χ2n) is 10.7. The Bertz CT molecular complexity index is 2410. The molecule has 0 N–H and O–H groups in total. The first-order valence-corrected chi connectivity index (χ1v) is 14.2. The summed E-state index contributed by atoms with van der Waals surface area (Å²) >= 11 is 0. The van der Waals surface area contributed by atoms with Gasteiger partial charge in [-0.3, -0.25) is 9.55 Å². The summed E-state index contributed by atoms with van der Waals surface area (Å²) < 4.78 is 4.68. The normalized spacial score (nSPS) is 11.8. The third kappa shape index (κ3) is 3.23. The molecule has 0 fully saturated rings. The van der Waals surface area contributed by atoms with Crippen molar-refractivity contribution < 1.29 is 0 Å². The van der Waals surface area contributed by atoms with Gasteiger partial charge in [-0.25, -0.2) is 4.98 Å². The van der Waals surface area contributed by atoms with Gasteiger partial charge in [0, 0.05) is 50.9 Å². The summed E-state index contributed by atoms with van der Waals surface area (Å²) in [6.07, 6.45) is 3.84. The van der Waals surface area contributed by atoms with Gasteiger partial charge >= 0.3 is 0 Å². The summed E-state index contributed by atoms with van der Waals surface area (Å²) in [5.41, 5.74) is 7.66. The van der Waals surface area contributed by atoms with Crippen molar-refractivity contribution in [3.05, 3.63) is 146 Å². The van der Waals surface area contributed by atoms with E-state index in [1.54, 1.807) is 0 Å². The molecule has 196 valence electrons. The molecule has 0 spiro atoms. The van der Waals surface area contributed by atoms with E-state index in [2.05, 4.69) is 148 Å². The highest BCUT2D eigenvalue weighted by Gasteiger charge is 2.20. The molecule has 3 aromatic heterocycles. The van der Waals surface area contributed by atoms with Crippen LogP contribution in [0.25, 0.3) is 77.1 Å². The first-order valence-electron chi connectivity index (χ1n) is 14.2. The molecule has 3 heterocycles. The quantitative estimate of drug-likeness (QED) is 0.211. The maximum Gasteiger partial charge on any atom is 0.145 e. The van der Waals surface area contributed by atoms with Gasteiger partial charge in [-0.05, 0) is 41.1 Å². The summed E-state index contributed by atoms with van der Waals surface area (Å²) in [6, 6.07) is 47.3. The molecular weight excluding hydrogens is 512 g/mol. The highest BCUT2D eigenvalue weighted by Crippen LogP contribution is 2.40. The molecule has 0 bridgehead atoms. The van der Waals surface area contributed by atoms with Crippen LogP contribution in [0.1, 0.15) is 0 Å². The fourth-order valence-corrected chi connectivity index (χ4v) is 6.60. The first kappa shape index (κ1) is 23.0. The molecule has 0 amide bonds. The molecule has 0 atom stereocenters. The van der Waals surface area contributed by atoms with Gasteiger partial charge in [0.15, 0.2) is 0 Å². The van der Waals surface area contributed by atoms with Crippen LogP contribution in [0.4, 0.5) is 0 Å². The van der Waals surface area contributed by atoms with Crippen molar-refractivity contribution in [3.63, 3.8) is 0 Å². The Balaban J connectivity index is 1.42. The minimum Gasteiger partial charge on any atom is -0.309 e. The van der Waals surface area contributed by atoms with E-state index in [0.717, 1.165) is 55.6 Å². The number of pyridine rings is 1. The van der Waals surface area contributed by atoms with Gasteiger partial charge in [-0.15, -0.1) is 0 Å². The lowest BCUT2D eigenvalue weighted by Gasteiger charge is -2.15. The number of aromatic nitrogens is 4. The van der Waals surface area contributed by atoms with Gasteiger partial charge < -0.3 is 4.57 Å². The molecule has 0 radical (unpaired) electrons. The Kier molecular flexibility index (Phi) is 4.87. The van der Waals surface area contributed by atoms with E-state index in [-0.39, 0.29) is 0 Å². The van der Waals surface area contributed by atoms with Crippen molar-refractivity contribution in [1.29, 1.82) is 0 Å². The molecule has 9 aromatic rings. The van der Waals surface area contributed by atoms with Crippen LogP contribution in [0.5, 0.6) is 0 Å². The average Bonchev–Trinajstić information content (AvgIpc) is 3.63. The molecule has 42 heavy (non-hydrogen) atoms. The van der Waals surface area contributed by atoms with Gasteiger partial charge in [0.2, 0.25) is 0 Å². The van der Waals surface area contributed by atoms with Crippen LogP contribution in [0.2, 0.25) is 0 Å². The van der Waals surface area contributed by atoms with Gasteiger partial charge in [0.25, 0.3) is 0 Å². The minimum atomic E-state index is 0.927. The zero-order valence-corrected chi connectivity index (χ0v) is 22.6. The molecule has 9 rings (SSSR count). The molecule has 0 saturated heterocycles. The molecular formula is C38H24N4. The van der Waals surface area contributed by atoms with E-state index in [4.69, 9.17) is 4.98 Å². The summed E-state index contributed by atoms with van der Waals surface area (Å²) in [5.74, 6) is 0.927. The topological polar surface area (TPSA) is 35.6 Å². The van der Waals surface area contributed by atoms with E-state index < -0.39 is 0 Å². The van der Waals surface area contributed by atoms with Gasteiger partial charge in [-0.2, -0.15) is 0 Å². The number of benzene rings is 6. The SMILES string of the molecule is c1ccc(-c2nc3c4ccccc4c4ccccc4c3n2-c2cccc(-n3c4ccccc4c4cnccc43)c2)cc1. The van der Waals surface area contributed by atoms with Gasteiger partial charge in [-0.1, -0.05) is 103 Å². The summed E-state index contributed by atoms with van der Waals surface area (Å²) in [4.78, 5) is 9.81. The van der Waals surface area contributed by atoms with E-state index in [1.807, 2.05) is 12.4 Å². The second-order valence-corrected chi connectivity index (χ2v) is 10.7. The Hall–Kier alpha value is -5.74. The summed E-state index contributed by atoms with van der Waals surface area (Å²) in [5, 5.41) is 7.14. The van der Waals surface area contributed by atoms with Crippen LogP contribution < -0.4 is 0 Å². The first-order chi connectivity index (χ1) is 20.9. The second kappa shape index (κ2) is 8.88. The van der Waals surface area contributed by atoms with Crippen LogP contribution in [-0.2, 0) is 0 Å². The standard InChI is InChI=1S/C38H24N4/c1-2-11-25(12-3-1)38-40-36-31-18-6-4-15-28(31)29-16-5-7-19-32(29)37(36)42(38)27-14-10-13-26(23-27)41-34-20-9-8-17-30(34)33-24-39-22-21-35(33)41/h1-24H. The minimum absolute atomic E-state index is 0.927. The number of nitrogens with zero attached hydrogens (tertiary/aromatic N) is 4. The molecule has 6 aromatic carbocycles. The van der Waals surface area contributed by atoms with E-state index in [1.165, 1.54) is 21.5 Å². The Morgan fingerprint density at radius 1 is 0.452 bits per heavy atom. The fourth-order valence-electron chi connectivity index (χ4n) is 6.60. The predicted octanol–water partition coefficient (Wildman–Crippen LogP) is 9.49. The number of imidazole rings is 1. The molecule has 0 aliphatic rings. The van der Waals surface area contributed by atoms with Crippen LogP contribution in [-0.4, -0.2) is 19.1 Å². The Morgan fingerprint density at radius 3 is 1.88 bits per heavy atom. The summed E-state index contributed by atoms with van der Waals surface area (Å²) in [6.45, 7) is 0. The lowest BCUT2D eigenvalue weighted by molar-refractivity contribution is 1.09. The molecule has 0 aliphatic carbocycles. The summed E-state index contributed by atoms with van der Waals surface area (Å²) in [7, 11) is 0. The number of fused-ring (bicyclic) bond motifs is 9. The maximum absolute atomic E-state index is 5.38. The fraction of sp³-hybridized carbons (Fsp3) is 0. The van der Waals surface area contributed by atoms with Crippen LogP contribution in [0.15, 0.2) is 146 Å². The third-order valence-electron chi connectivity index (χ3n) is 8.38. The van der Waals surface area contributed by atoms with Crippen molar-refractivity contribution in [3.8, 4) is 22.8 Å². The van der Waals surface area contributed by atoms with E-state index >= 15 is 0 Å². The number of hydrogen-bond donors (Lipinski definition) is 0. The van der Waals surface area contributed by atoms with Crippen LogP contribution in [0, 0.1) is 0 Å². The van der Waals surface area contributed by atoms with Gasteiger partial charge in [0.05, 0.1) is 22.1 Å². The number of para-hydroxylation sites is 1. The highest BCUT2D eigenvalue weighted by molar-refractivity contribution is 6.24. The van der Waals surface area contributed by atoms with E-state index in [9.17, 15) is 0 Å². The number of rotatable bonds is 3. The highest BCUT2D eigenvalue weighted by atomic mass is 15.1. The molecule has 4 heteroatoms. The van der Waals surface area contributed by atoms with Crippen molar-refractivity contribution in [1.82, 2.24) is 19.1 Å². The molecule has 0 unspecified atom stereocenters. The molecule has 0 aliphatic heterocycles. The molecule has 0 saturated carbocycles. The lowest BCUT2D eigenvalue weighted by atomic mass is 10.00. The zero-order chi connectivity index (χ0) is 27.6. The van der Waals surface area contributed by atoms with Crippen molar-refractivity contribution >= 4 is 54.4 Å². The van der Waals surface area contributed by atoms with Gasteiger partial charge in [0.1, 0.15) is 5.82 Å². The Labute approximate surface area is 241 Å².